The number of carbonyl (C=O) groups is 1. The van der Waals surface area contributed by atoms with Crippen molar-refractivity contribution in [2.24, 2.45) is 0 Å². The van der Waals surface area contributed by atoms with Gasteiger partial charge >= 0.3 is 0 Å². The molecular formula is C19H16N4O3S2. The molecule has 0 saturated carbocycles. The van der Waals surface area contributed by atoms with Crippen LogP contribution in [-0.4, -0.2) is 41.4 Å². The molecule has 3 heterocycles. The number of amides is 1. The number of benzene rings is 1. The van der Waals surface area contributed by atoms with Crippen LogP contribution in [0.2, 0.25) is 0 Å². The van der Waals surface area contributed by atoms with E-state index in [0.717, 1.165) is 15.2 Å². The van der Waals surface area contributed by atoms with E-state index in [1.54, 1.807) is 28.4 Å². The summed E-state index contributed by atoms with van der Waals surface area (Å²) in [4.78, 5) is 24.0. The van der Waals surface area contributed by atoms with Crippen molar-refractivity contribution in [2.45, 2.75) is 11.4 Å². The predicted molar refractivity (Wildman–Crippen MR) is 108 cm³/mol. The first kappa shape index (κ1) is 18.5. The number of thioether (sulfide) groups is 1. The topological polar surface area (TPSA) is 88.3 Å². The lowest BCUT2D eigenvalue weighted by Gasteiger charge is -2.24. The first-order valence-electron chi connectivity index (χ1n) is 8.64. The van der Waals surface area contributed by atoms with Gasteiger partial charge in [-0.3, -0.25) is 4.79 Å². The van der Waals surface area contributed by atoms with Crippen molar-refractivity contribution in [3.05, 3.63) is 36.0 Å². The van der Waals surface area contributed by atoms with E-state index in [1.807, 2.05) is 17.5 Å². The van der Waals surface area contributed by atoms with Crippen molar-refractivity contribution in [3.63, 3.8) is 0 Å². The highest BCUT2D eigenvalue weighted by atomic mass is 32.2. The van der Waals surface area contributed by atoms with Crippen molar-refractivity contribution in [3.8, 4) is 17.6 Å². The summed E-state index contributed by atoms with van der Waals surface area (Å²) in [6, 6.07) is 9.46. The van der Waals surface area contributed by atoms with Crippen molar-refractivity contribution in [2.75, 3.05) is 30.4 Å². The van der Waals surface area contributed by atoms with Crippen LogP contribution in [0.1, 0.15) is 6.42 Å². The molecule has 1 aliphatic heterocycles. The number of anilines is 1. The zero-order valence-corrected chi connectivity index (χ0v) is 16.5. The Hall–Kier alpha value is -2.83. The lowest BCUT2D eigenvalue weighted by atomic mass is 10.2. The maximum atomic E-state index is 12.9. The average Bonchev–Trinajstić information content (AvgIpc) is 3.22. The number of rotatable bonds is 6. The molecule has 1 aliphatic rings. The quantitative estimate of drug-likeness (QED) is 0.452. The molecule has 28 heavy (non-hydrogen) atoms. The second-order valence-corrected chi connectivity index (χ2v) is 7.75. The summed E-state index contributed by atoms with van der Waals surface area (Å²) >= 11 is 2.91. The molecule has 7 nitrogen and oxygen atoms in total. The summed E-state index contributed by atoms with van der Waals surface area (Å²) in [7, 11) is 0. The fourth-order valence-electron chi connectivity index (χ4n) is 2.85. The molecule has 0 N–H and O–H groups in total. The summed E-state index contributed by atoms with van der Waals surface area (Å²) in [5, 5.41) is 12.7. The Morgan fingerprint density at radius 2 is 2.11 bits per heavy atom. The van der Waals surface area contributed by atoms with Gasteiger partial charge in [0, 0.05) is 23.7 Å². The Bertz CT molecular complexity index is 1050. The Morgan fingerprint density at radius 1 is 1.25 bits per heavy atom. The fraction of sp³-hybridized carbons (Fsp3) is 0.263. The highest BCUT2D eigenvalue weighted by Crippen LogP contribution is 2.34. The van der Waals surface area contributed by atoms with E-state index < -0.39 is 0 Å². The third-order valence-electron chi connectivity index (χ3n) is 4.14. The minimum Gasteiger partial charge on any atom is -0.486 e. The summed E-state index contributed by atoms with van der Waals surface area (Å²) in [6.45, 7) is 1.30. The molecule has 0 aliphatic carbocycles. The van der Waals surface area contributed by atoms with Crippen LogP contribution in [0.4, 0.5) is 5.69 Å². The number of hydrogen-bond acceptors (Lipinski definition) is 8. The maximum Gasteiger partial charge on any atom is 0.237 e. The number of nitrogens with zero attached hydrogens (tertiary/aromatic N) is 4. The molecule has 0 saturated heterocycles. The van der Waals surface area contributed by atoms with Gasteiger partial charge in [0.25, 0.3) is 0 Å². The van der Waals surface area contributed by atoms with E-state index in [4.69, 9.17) is 14.7 Å². The van der Waals surface area contributed by atoms with Gasteiger partial charge in [0.05, 0.1) is 18.2 Å². The Balaban J connectivity index is 1.53. The number of ether oxygens (including phenoxy) is 2. The van der Waals surface area contributed by atoms with E-state index in [-0.39, 0.29) is 18.1 Å². The molecule has 0 spiro atoms. The Kier molecular flexibility index (Phi) is 5.60. The zero-order valence-electron chi connectivity index (χ0n) is 14.8. The third kappa shape index (κ3) is 3.88. The van der Waals surface area contributed by atoms with Crippen LogP contribution < -0.4 is 14.4 Å². The van der Waals surface area contributed by atoms with Gasteiger partial charge in [0.15, 0.2) is 11.5 Å². The molecule has 3 aromatic rings. The molecule has 1 amide bonds. The third-order valence-corrected chi connectivity index (χ3v) is 5.95. The molecule has 0 atom stereocenters. The Morgan fingerprint density at radius 3 is 2.96 bits per heavy atom. The number of nitriles is 1. The lowest BCUT2D eigenvalue weighted by molar-refractivity contribution is -0.116. The van der Waals surface area contributed by atoms with Crippen LogP contribution in [0, 0.1) is 11.3 Å². The fourth-order valence-corrected chi connectivity index (χ4v) is 4.51. The minimum atomic E-state index is -0.0982. The van der Waals surface area contributed by atoms with Crippen molar-refractivity contribution < 1.29 is 14.3 Å². The highest BCUT2D eigenvalue weighted by molar-refractivity contribution is 8.00. The van der Waals surface area contributed by atoms with E-state index in [0.29, 0.717) is 36.9 Å². The molecule has 1 aromatic carbocycles. The van der Waals surface area contributed by atoms with E-state index in [9.17, 15) is 4.79 Å². The molecule has 0 fully saturated rings. The van der Waals surface area contributed by atoms with Gasteiger partial charge in [-0.15, -0.1) is 11.3 Å². The summed E-state index contributed by atoms with van der Waals surface area (Å²) in [6.07, 6.45) is 1.76. The van der Waals surface area contributed by atoms with Gasteiger partial charge < -0.3 is 14.4 Å². The van der Waals surface area contributed by atoms with Crippen LogP contribution in [-0.2, 0) is 4.79 Å². The van der Waals surface area contributed by atoms with Crippen molar-refractivity contribution >= 4 is 44.9 Å². The lowest BCUT2D eigenvalue weighted by Crippen LogP contribution is -2.33. The molecule has 9 heteroatoms. The van der Waals surface area contributed by atoms with Crippen molar-refractivity contribution in [1.29, 1.82) is 5.26 Å². The van der Waals surface area contributed by atoms with Gasteiger partial charge in [0.1, 0.15) is 29.4 Å². The number of hydrogen-bond donors (Lipinski definition) is 0. The SMILES string of the molecule is N#CCCN(C(=O)CSc1ncnc2sccc12)c1ccc2c(c1)OCCO2. The van der Waals surface area contributed by atoms with Crippen LogP contribution >= 0.6 is 23.1 Å². The normalized spacial score (nSPS) is 12.5. The zero-order chi connectivity index (χ0) is 19.3. The second-order valence-electron chi connectivity index (χ2n) is 5.89. The summed E-state index contributed by atoms with van der Waals surface area (Å²) in [5.74, 6) is 1.39. The average molecular weight is 412 g/mol. The molecule has 2 aromatic heterocycles. The standard InChI is InChI=1S/C19H16N4O3S2/c20-5-1-6-23(13-2-3-15-16(10-13)26-8-7-25-15)17(24)11-28-19-14-4-9-27-18(14)21-12-22-19/h2-4,9-10,12H,1,6-8,11H2. The summed E-state index contributed by atoms with van der Waals surface area (Å²) < 4.78 is 11.2. The van der Waals surface area contributed by atoms with Crippen LogP contribution in [0.25, 0.3) is 10.2 Å². The van der Waals surface area contributed by atoms with E-state index >= 15 is 0 Å². The highest BCUT2D eigenvalue weighted by Gasteiger charge is 2.20. The largest absolute Gasteiger partial charge is 0.486 e. The minimum absolute atomic E-state index is 0.0982. The molecule has 142 valence electrons. The summed E-state index contributed by atoms with van der Waals surface area (Å²) in [5.41, 5.74) is 0.688. The number of thiophene rings is 1. The van der Waals surface area contributed by atoms with Crippen LogP contribution in [0.5, 0.6) is 11.5 Å². The number of carbonyl (C=O) groups excluding carboxylic acids is 1. The van der Waals surface area contributed by atoms with E-state index in [1.165, 1.54) is 18.1 Å². The van der Waals surface area contributed by atoms with Gasteiger partial charge in [0.2, 0.25) is 5.91 Å². The molecule has 4 rings (SSSR count). The van der Waals surface area contributed by atoms with Gasteiger partial charge in [-0.2, -0.15) is 5.26 Å². The monoisotopic (exact) mass is 412 g/mol. The Labute approximate surface area is 169 Å². The van der Waals surface area contributed by atoms with Crippen LogP contribution in [0.15, 0.2) is 41.0 Å². The van der Waals surface area contributed by atoms with E-state index in [2.05, 4.69) is 16.0 Å². The number of aromatic nitrogens is 2. The van der Waals surface area contributed by atoms with Gasteiger partial charge in [-0.25, -0.2) is 9.97 Å². The molecular weight excluding hydrogens is 396 g/mol. The maximum absolute atomic E-state index is 12.9. The van der Waals surface area contributed by atoms with Gasteiger partial charge in [-0.05, 0) is 23.6 Å². The molecule has 0 unspecified atom stereocenters. The first-order valence-corrected chi connectivity index (χ1v) is 10.5. The predicted octanol–water partition coefficient (Wildman–Crippen LogP) is 3.50. The van der Waals surface area contributed by atoms with Gasteiger partial charge in [-0.1, -0.05) is 11.8 Å². The first-order chi connectivity index (χ1) is 13.8. The van der Waals surface area contributed by atoms with Crippen LogP contribution in [0.3, 0.4) is 0 Å². The number of fused-ring (bicyclic) bond motifs is 2. The van der Waals surface area contributed by atoms with Crippen molar-refractivity contribution in [1.82, 2.24) is 9.97 Å². The smallest absolute Gasteiger partial charge is 0.237 e. The molecule has 0 bridgehead atoms. The second kappa shape index (κ2) is 8.46. The molecule has 0 radical (unpaired) electrons.